The van der Waals surface area contributed by atoms with Crippen LogP contribution in [0.4, 0.5) is 4.79 Å². The quantitative estimate of drug-likeness (QED) is 0.828. The molecular formula is C18H20N2O. The first kappa shape index (κ1) is 13.7. The smallest absolute Gasteiger partial charge is 0.320 e. The van der Waals surface area contributed by atoms with Gasteiger partial charge in [-0.1, -0.05) is 54.6 Å². The highest BCUT2D eigenvalue weighted by molar-refractivity contribution is 5.74. The lowest BCUT2D eigenvalue weighted by Crippen LogP contribution is -2.43. The molecule has 0 atom stereocenters. The molecule has 0 unspecified atom stereocenters. The van der Waals surface area contributed by atoms with Crippen LogP contribution in [0.1, 0.15) is 16.7 Å². The molecule has 108 valence electrons. The number of hydrogen-bond acceptors (Lipinski definition) is 1. The van der Waals surface area contributed by atoms with E-state index < -0.39 is 0 Å². The number of carbonyl (C=O) groups is 1. The maximum Gasteiger partial charge on any atom is 0.320 e. The van der Waals surface area contributed by atoms with Gasteiger partial charge in [0.15, 0.2) is 0 Å². The maximum absolute atomic E-state index is 12.6. The molecule has 0 spiro atoms. The van der Waals surface area contributed by atoms with Crippen LogP contribution in [0.3, 0.4) is 0 Å². The molecule has 2 aromatic rings. The summed E-state index contributed by atoms with van der Waals surface area (Å²) >= 11 is 0. The van der Waals surface area contributed by atoms with E-state index in [0.717, 1.165) is 18.5 Å². The predicted octanol–water partition coefficient (Wildman–Crippen LogP) is 3.30. The standard InChI is InChI=1S/C18H20N2O/c1-19(13-15-7-3-2-4-8-15)18(21)20-12-11-16-9-5-6-10-17(16)14-20/h2-10H,11-14H2,1H3. The highest BCUT2D eigenvalue weighted by Gasteiger charge is 2.22. The Morgan fingerprint density at radius 1 is 1.05 bits per heavy atom. The SMILES string of the molecule is CN(Cc1ccccc1)C(=O)N1CCc2ccccc2C1. The van der Waals surface area contributed by atoms with Crippen LogP contribution in [0.2, 0.25) is 0 Å². The van der Waals surface area contributed by atoms with Crippen molar-refractivity contribution in [1.29, 1.82) is 0 Å². The van der Waals surface area contributed by atoms with E-state index in [9.17, 15) is 4.79 Å². The topological polar surface area (TPSA) is 23.6 Å². The van der Waals surface area contributed by atoms with Crippen LogP contribution in [0.15, 0.2) is 54.6 Å². The van der Waals surface area contributed by atoms with Gasteiger partial charge in [0.2, 0.25) is 0 Å². The zero-order valence-electron chi connectivity index (χ0n) is 12.3. The molecule has 3 rings (SSSR count). The third-order valence-corrected chi connectivity index (χ3v) is 3.99. The van der Waals surface area contributed by atoms with Crippen molar-refractivity contribution < 1.29 is 4.79 Å². The van der Waals surface area contributed by atoms with E-state index in [1.807, 2.05) is 36.2 Å². The highest BCUT2D eigenvalue weighted by Crippen LogP contribution is 2.19. The number of nitrogens with zero attached hydrogens (tertiary/aromatic N) is 2. The molecule has 3 heteroatoms. The van der Waals surface area contributed by atoms with E-state index in [1.54, 1.807) is 4.90 Å². The Morgan fingerprint density at radius 2 is 1.71 bits per heavy atom. The Hall–Kier alpha value is -2.29. The van der Waals surface area contributed by atoms with Gasteiger partial charge in [-0.05, 0) is 23.1 Å². The molecule has 0 fully saturated rings. The first-order valence-corrected chi connectivity index (χ1v) is 7.35. The highest BCUT2D eigenvalue weighted by atomic mass is 16.2. The molecular weight excluding hydrogens is 260 g/mol. The fraction of sp³-hybridized carbons (Fsp3) is 0.278. The van der Waals surface area contributed by atoms with Gasteiger partial charge < -0.3 is 9.80 Å². The number of fused-ring (bicyclic) bond motifs is 1. The van der Waals surface area contributed by atoms with Gasteiger partial charge in [0, 0.05) is 26.7 Å². The van der Waals surface area contributed by atoms with E-state index >= 15 is 0 Å². The van der Waals surface area contributed by atoms with Gasteiger partial charge in [0.25, 0.3) is 0 Å². The molecule has 2 aromatic carbocycles. The largest absolute Gasteiger partial charge is 0.323 e. The number of urea groups is 1. The fourth-order valence-electron chi connectivity index (χ4n) is 2.83. The maximum atomic E-state index is 12.6. The van der Waals surface area contributed by atoms with Gasteiger partial charge in [-0.25, -0.2) is 4.79 Å². The first-order valence-electron chi connectivity index (χ1n) is 7.35. The molecule has 0 aliphatic carbocycles. The van der Waals surface area contributed by atoms with Crippen molar-refractivity contribution in [3.8, 4) is 0 Å². The number of rotatable bonds is 2. The van der Waals surface area contributed by atoms with Gasteiger partial charge in [0.05, 0.1) is 0 Å². The Bertz CT molecular complexity index is 624. The molecule has 0 radical (unpaired) electrons. The summed E-state index contributed by atoms with van der Waals surface area (Å²) in [5, 5.41) is 0. The van der Waals surface area contributed by atoms with Crippen LogP contribution >= 0.6 is 0 Å². The minimum absolute atomic E-state index is 0.105. The number of carbonyl (C=O) groups excluding carboxylic acids is 1. The van der Waals surface area contributed by atoms with Gasteiger partial charge in [-0.15, -0.1) is 0 Å². The van der Waals surface area contributed by atoms with Gasteiger partial charge in [-0.3, -0.25) is 0 Å². The molecule has 3 nitrogen and oxygen atoms in total. The van der Waals surface area contributed by atoms with Crippen molar-refractivity contribution in [3.05, 3.63) is 71.3 Å². The third kappa shape index (κ3) is 3.07. The first-order chi connectivity index (χ1) is 10.2. The number of amides is 2. The van der Waals surface area contributed by atoms with E-state index in [2.05, 4.69) is 30.3 Å². The average molecular weight is 280 g/mol. The van der Waals surface area contributed by atoms with Crippen LogP contribution in [0, 0.1) is 0 Å². The monoisotopic (exact) mass is 280 g/mol. The Kier molecular flexibility index (Phi) is 3.91. The van der Waals surface area contributed by atoms with Crippen molar-refractivity contribution in [1.82, 2.24) is 9.80 Å². The summed E-state index contributed by atoms with van der Waals surface area (Å²) in [6.45, 7) is 2.17. The van der Waals surface area contributed by atoms with Crippen LogP contribution in [-0.2, 0) is 19.5 Å². The van der Waals surface area contributed by atoms with Crippen LogP contribution in [0.5, 0.6) is 0 Å². The molecule has 0 saturated heterocycles. The molecule has 0 N–H and O–H groups in total. The van der Waals surface area contributed by atoms with E-state index in [-0.39, 0.29) is 6.03 Å². The van der Waals surface area contributed by atoms with Crippen LogP contribution in [0.25, 0.3) is 0 Å². The second kappa shape index (κ2) is 6.00. The van der Waals surface area contributed by atoms with Gasteiger partial charge >= 0.3 is 6.03 Å². The molecule has 2 amide bonds. The average Bonchev–Trinajstić information content (AvgIpc) is 2.54. The van der Waals surface area contributed by atoms with Gasteiger partial charge in [-0.2, -0.15) is 0 Å². The number of hydrogen-bond donors (Lipinski definition) is 0. The molecule has 1 heterocycles. The second-order valence-corrected chi connectivity index (χ2v) is 5.56. The van der Waals surface area contributed by atoms with Crippen molar-refractivity contribution in [2.45, 2.75) is 19.5 Å². The van der Waals surface area contributed by atoms with Crippen molar-refractivity contribution in [3.63, 3.8) is 0 Å². The van der Waals surface area contributed by atoms with Gasteiger partial charge in [0.1, 0.15) is 0 Å². The van der Waals surface area contributed by atoms with E-state index in [1.165, 1.54) is 11.1 Å². The summed E-state index contributed by atoms with van der Waals surface area (Å²) in [5.74, 6) is 0. The van der Waals surface area contributed by atoms with Crippen molar-refractivity contribution >= 4 is 6.03 Å². The van der Waals surface area contributed by atoms with Crippen LogP contribution < -0.4 is 0 Å². The lowest BCUT2D eigenvalue weighted by molar-refractivity contribution is 0.155. The molecule has 0 bridgehead atoms. The summed E-state index contributed by atoms with van der Waals surface area (Å²) in [5.41, 5.74) is 3.79. The Morgan fingerprint density at radius 3 is 2.48 bits per heavy atom. The van der Waals surface area contributed by atoms with Crippen molar-refractivity contribution in [2.75, 3.05) is 13.6 Å². The zero-order valence-corrected chi connectivity index (χ0v) is 12.3. The summed E-state index contributed by atoms with van der Waals surface area (Å²) in [4.78, 5) is 16.3. The fourth-order valence-corrected chi connectivity index (χ4v) is 2.83. The van der Waals surface area contributed by atoms with E-state index in [4.69, 9.17) is 0 Å². The third-order valence-electron chi connectivity index (χ3n) is 3.99. The molecule has 1 aliphatic rings. The molecule has 1 aliphatic heterocycles. The lowest BCUT2D eigenvalue weighted by Gasteiger charge is -2.32. The minimum Gasteiger partial charge on any atom is -0.323 e. The Balaban J connectivity index is 1.66. The molecule has 0 saturated carbocycles. The molecule has 0 aromatic heterocycles. The second-order valence-electron chi connectivity index (χ2n) is 5.56. The van der Waals surface area contributed by atoms with Crippen LogP contribution in [-0.4, -0.2) is 29.4 Å². The summed E-state index contributed by atoms with van der Waals surface area (Å²) in [6.07, 6.45) is 0.946. The zero-order chi connectivity index (χ0) is 14.7. The normalized spacial score (nSPS) is 13.7. The van der Waals surface area contributed by atoms with Crippen molar-refractivity contribution in [2.24, 2.45) is 0 Å². The minimum atomic E-state index is 0.105. The van der Waals surface area contributed by atoms with E-state index in [0.29, 0.717) is 13.1 Å². The summed E-state index contributed by atoms with van der Waals surface area (Å²) in [7, 11) is 1.87. The molecule has 21 heavy (non-hydrogen) atoms. The summed E-state index contributed by atoms with van der Waals surface area (Å²) < 4.78 is 0. The summed E-state index contributed by atoms with van der Waals surface area (Å²) in [6, 6.07) is 18.6. The lowest BCUT2D eigenvalue weighted by atomic mass is 10.0. The number of benzene rings is 2. The predicted molar refractivity (Wildman–Crippen MR) is 83.9 cm³/mol. The Labute approximate surface area is 125 Å².